The first kappa shape index (κ1) is 11.4. The molecule has 3 rings (SSSR count). The van der Waals surface area contributed by atoms with Gasteiger partial charge in [-0.15, -0.1) is 0 Å². The van der Waals surface area contributed by atoms with Crippen LogP contribution in [-0.2, 0) is 6.54 Å². The van der Waals surface area contributed by atoms with E-state index in [9.17, 15) is 0 Å². The molecule has 0 aliphatic heterocycles. The standard InChI is InChI=1S/C16H13N3/c17-10-12-1-3-13(4-2-12)11-19-15-5-6-16-14(9-15)7-8-18-16/h1-9,18-19H,11H2. The first-order chi connectivity index (χ1) is 9.35. The van der Waals surface area contributed by atoms with E-state index < -0.39 is 0 Å². The second-order valence-corrected chi connectivity index (χ2v) is 4.44. The number of benzene rings is 2. The van der Waals surface area contributed by atoms with Crippen molar-refractivity contribution >= 4 is 16.6 Å². The van der Waals surface area contributed by atoms with Gasteiger partial charge in [0.2, 0.25) is 0 Å². The van der Waals surface area contributed by atoms with E-state index in [1.807, 2.05) is 30.5 Å². The fourth-order valence-corrected chi connectivity index (χ4v) is 2.06. The van der Waals surface area contributed by atoms with E-state index >= 15 is 0 Å². The summed E-state index contributed by atoms with van der Waals surface area (Å²) in [5.41, 5.74) is 4.09. The lowest BCUT2D eigenvalue weighted by atomic mass is 10.1. The highest BCUT2D eigenvalue weighted by Gasteiger charge is 1.98. The smallest absolute Gasteiger partial charge is 0.0991 e. The van der Waals surface area contributed by atoms with Gasteiger partial charge in [0.25, 0.3) is 0 Å². The second-order valence-electron chi connectivity index (χ2n) is 4.44. The molecule has 0 aliphatic carbocycles. The van der Waals surface area contributed by atoms with Crippen molar-refractivity contribution in [2.45, 2.75) is 6.54 Å². The second kappa shape index (κ2) is 4.87. The minimum atomic E-state index is 0.692. The van der Waals surface area contributed by atoms with Gasteiger partial charge in [0, 0.05) is 29.3 Å². The minimum absolute atomic E-state index is 0.692. The van der Waals surface area contributed by atoms with E-state index in [-0.39, 0.29) is 0 Å². The van der Waals surface area contributed by atoms with Gasteiger partial charge < -0.3 is 10.3 Å². The number of hydrogen-bond acceptors (Lipinski definition) is 2. The summed E-state index contributed by atoms with van der Waals surface area (Å²) >= 11 is 0. The Morgan fingerprint density at radius 3 is 2.68 bits per heavy atom. The molecule has 19 heavy (non-hydrogen) atoms. The Morgan fingerprint density at radius 1 is 1.05 bits per heavy atom. The molecule has 0 spiro atoms. The monoisotopic (exact) mass is 247 g/mol. The molecule has 3 nitrogen and oxygen atoms in total. The van der Waals surface area contributed by atoms with Gasteiger partial charge in [0.15, 0.2) is 0 Å². The molecule has 2 N–H and O–H groups in total. The van der Waals surface area contributed by atoms with Gasteiger partial charge in [-0.05, 0) is 42.0 Å². The molecule has 0 aliphatic rings. The molecule has 92 valence electrons. The van der Waals surface area contributed by atoms with E-state index in [2.05, 4.69) is 40.6 Å². The van der Waals surface area contributed by atoms with Gasteiger partial charge in [0.1, 0.15) is 0 Å². The highest BCUT2D eigenvalue weighted by atomic mass is 14.9. The van der Waals surface area contributed by atoms with Crippen LogP contribution in [0.5, 0.6) is 0 Å². The third-order valence-corrected chi connectivity index (χ3v) is 3.13. The van der Waals surface area contributed by atoms with Gasteiger partial charge in [-0.1, -0.05) is 12.1 Å². The van der Waals surface area contributed by atoms with Crippen molar-refractivity contribution in [3.05, 3.63) is 65.9 Å². The van der Waals surface area contributed by atoms with E-state index in [1.165, 1.54) is 5.39 Å². The molecule has 0 bridgehead atoms. The highest BCUT2D eigenvalue weighted by molar-refractivity contribution is 5.82. The van der Waals surface area contributed by atoms with Gasteiger partial charge in [-0.3, -0.25) is 0 Å². The molecule has 3 heteroatoms. The minimum Gasteiger partial charge on any atom is -0.381 e. The fourth-order valence-electron chi connectivity index (χ4n) is 2.06. The molecule has 0 fully saturated rings. The van der Waals surface area contributed by atoms with Crippen molar-refractivity contribution in [3.63, 3.8) is 0 Å². The van der Waals surface area contributed by atoms with Crippen LogP contribution in [0, 0.1) is 11.3 Å². The lowest BCUT2D eigenvalue weighted by Gasteiger charge is -2.06. The Kier molecular flexibility index (Phi) is 2.91. The van der Waals surface area contributed by atoms with Gasteiger partial charge in [-0.25, -0.2) is 0 Å². The van der Waals surface area contributed by atoms with Crippen LogP contribution in [0.2, 0.25) is 0 Å². The maximum atomic E-state index is 8.75. The normalized spacial score (nSPS) is 10.3. The summed E-state index contributed by atoms with van der Waals surface area (Å²) in [7, 11) is 0. The maximum absolute atomic E-state index is 8.75. The van der Waals surface area contributed by atoms with Crippen molar-refractivity contribution in [2.24, 2.45) is 0 Å². The van der Waals surface area contributed by atoms with Crippen LogP contribution in [0.4, 0.5) is 5.69 Å². The number of aromatic nitrogens is 1. The Labute approximate surface area is 111 Å². The molecule has 2 aromatic carbocycles. The Bertz CT molecular complexity index is 733. The molecule has 0 radical (unpaired) electrons. The first-order valence-corrected chi connectivity index (χ1v) is 6.15. The number of nitriles is 1. The average molecular weight is 247 g/mol. The summed E-state index contributed by atoms with van der Waals surface area (Å²) in [5, 5.41) is 13.3. The van der Waals surface area contributed by atoms with Crippen LogP contribution >= 0.6 is 0 Å². The van der Waals surface area contributed by atoms with E-state index in [0.29, 0.717) is 5.56 Å². The van der Waals surface area contributed by atoms with Crippen molar-refractivity contribution < 1.29 is 0 Å². The molecule has 0 amide bonds. The molecular formula is C16H13N3. The molecule has 0 atom stereocenters. The number of nitrogens with one attached hydrogen (secondary N) is 2. The van der Waals surface area contributed by atoms with Gasteiger partial charge in [-0.2, -0.15) is 5.26 Å². The number of fused-ring (bicyclic) bond motifs is 1. The fraction of sp³-hybridized carbons (Fsp3) is 0.0625. The summed E-state index contributed by atoms with van der Waals surface area (Å²) in [5.74, 6) is 0. The Morgan fingerprint density at radius 2 is 1.89 bits per heavy atom. The molecule has 1 heterocycles. The first-order valence-electron chi connectivity index (χ1n) is 6.15. The number of anilines is 1. The molecule has 0 saturated heterocycles. The zero-order chi connectivity index (χ0) is 13.1. The zero-order valence-corrected chi connectivity index (χ0v) is 10.4. The molecular weight excluding hydrogens is 234 g/mol. The van der Waals surface area contributed by atoms with Crippen molar-refractivity contribution in [1.82, 2.24) is 4.98 Å². The molecule has 0 saturated carbocycles. The number of nitrogens with zero attached hydrogens (tertiary/aromatic N) is 1. The predicted octanol–water partition coefficient (Wildman–Crippen LogP) is 3.65. The zero-order valence-electron chi connectivity index (χ0n) is 10.4. The predicted molar refractivity (Wildman–Crippen MR) is 76.8 cm³/mol. The van der Waals surface area contributed by atoms with Crippen molar-refractivity contribution in [3.8, 4) is 6.07 Å². The molecule has 3 aromatic rings. The van der Waals surface area contributed by atoms with Crippen LogP contribution < -0.4 is 5.32 Å². The molecule has 0 unspecified atom stereocenters. The van der Waals surface area contributed by atoms with Crippen LogP contribution in [-0.4, -0.2) is 4.98 Å². The topological polar surface area (TPSA) is 51.6 Å². The van der Waals surface area contributed by atoms with Gasteiger partial charge >= 0.3 is 0 Å². The van der Waals surface area contributed by atoms with Crippen LogP contribution in [0.1, 0.15) is 11.1 Å². The average Bonchev–Trinajstić information content (AvgIpc) is 2.93. The van der Waals surface area contributed by atoms with Crippen LogP contribution in [0.3, 0.4) is 0 Å². The van der Waals surface area contributed by atoms with Crippen LogP contribution in [0.25, 0.3) is 10.9 Å². The lowest BCUT2D eigenvalue weighted by molar-refractivity contribution is 1.15. The summed E-state index contributed by atoms with van der Waals surface area (Å²) in [6.07, 6.45) is 1.94. The summed E-state index contributed by atoms with van der Waals surface area (Å²) in [6.45, 7) is 0.752. The largest absolute Gasteiger partial charge is 0.381 e. The third kappa shape index (κ3) is 2.43. The number of aromatic amines is 1. The number of rotatable bonds is 3. The quantitative estimate of drug-likeness (QED) is 0.742. The SMILES string of the molecule is N#Cc1ccc(CNc2ccc3[nH]ccc3c2)cc1. The van der Waals surface area contributed by atoms with Crippen LogP contribution in [0.15, 0.2) is 54.7 Å². The lowest BCUT2D eigenvalue weighted by Crippen LogP contribution is -1.98. The van der Waals surface area contributed by atoms with Gasteiger partial charge in [0.05, 0.1) is 11.6 Å². The molecule has 1 aromatic heterocycles. The van der Waals surface area contributed by atoms with Crippen molar-refractivity contribution in [2.75, 3.05) is 5.32 Å². The van der Waals surface area contributed by atoms with E-state index in [4.69, 9.17) is 5.26 Å². The van der Waals surface area contributed by atoms with E-state index in [1.54, 1.807) is 0 Å². The number of hydrogen-bond donors (Lipinski definition) is 2. The van der Waals surface area contributed by atoms with E-state index in [0.717, 1.165) is 23.3 Å². The van der Waals surface area contributed by atoms with Crippen molar-refractivity contribution in [1.29, 1.82) is 5.26 Å². The summed E-state index contributed by atoms with van der Waals surface area (Å²) in [4.78, 5) is 3.17. The Balaban J connectivity index is 1.72. The summed E-state index contributed by atoms with van der Waals surface area (Å²) in [6, 6.07) is 18.0. The maximum Gasteiger partial charge on any atom is 0.0991 e. The third-order valence-electron chi connectivity index (χ3n) is 3.13. The summed E-state index contributed by atoms with van der Waals surface area (Å²) < 4.78 is 0. The Hall–Kier alpha value is -2.73. The highest BCUT2D eigenvalue weighted by Crippen LogP contribution is 2.18. The number of H-pyrrole nitrogens is 1.